The molecule has 3 rings (SSSR count). The van der Waals surface area contributed by atoms with Crippen molar-refractivity contribution in [2.75, 3.05) is 39.6 Å². The lowest BCUT2D eigenvalue weighted by molar-refractivity contribution is -0.152. The molecule has 1 unspecified atom stereocenters. The smallest absolute Gasteiger partial charge is 0.343 e. The van der Waals surface area contributed by atoms with Gasteiger partial charge in [-0.15, -0.1) is 0 Å². The van der Waals surface area contributed by atoms with Gasteiger partial charge < -0.3 is 28.4 Å². The number of carbonyl (C=O) groups is 3. The Kier molecular flexibility index (Phi) is 15.3. The summed E-state index contributed by atoms with van der Waals surface area (Å²) in [5, 5.41) is 0. The molecule has 0 saturated heterocycles. The molecule has 0 fully saturated rings. The maximum Gasteiger partial charge on any atom is 0.343 e. The van der Waals surface area contributed by atoms with Crippen LogP contribution in [-0.4, -0.2) is 73.6 Å². The van der Waals surface area contributed by atoms with E-state index in [-0.39, 0.29) is 36.1 Å². The summed E-state index contributed by atoms with van der Waals surface area (Å²) in [6, 6.07) is 13.4. The van der Waals surface area contributed by atoms with Crippen molar-refractivity contribution in [3.63, 3.8) is 0 Å². The SMILES string of the molecule is CC(C)CC(C(=O)OCCOCCOCCOc1ccc(C(=O)Oc2ccc(-c3ncc(C(=O)OC(C)C)cn3)cc2)cc1)C(C)C. The predicted molar refractivity (Wildman–Crippen MR) is 175 cm³/mol. The second-order valence-corrected chi connectivity index (χ2v) is 11.9. The first kappa shape index (κ1) is 37.1. The third-order valence-electron chi connectivity index (χ3n) is 6.82. The second-order valence-electron chi connectivity index (χ2n) is 11.9. The van der Waals surface area contributed by atoms with Gasteiger partial charge in [-0.25, -0.2) is 19.6 Å². The number of carbonyl (C=O) groups excluding carboxylic acids is 3. The molecule has 1 aromatic heterocycles. The van der Waals surface area contributed by atoms with Crippen LogP contribution in [0.4, 0.5) is 0 Å². The molecule has 0 radical (unpaired) electrons. The molecule has 11 heteroatoms. The van der Waals surface area contributed by atoms with E-state index in [9.17, 15) is 14.4 Å². The average Bonchev–Trinajstić information content (AvgIpc) is 3.04. The lowest BCUT2D eigenvalue weighted by Gasteiger charge is -2.21. The summed E-state index contributed by atoms with van der Waals surface area (Å²) in [6.07, 6.45) is 3.41. The number of hydrogen-bond donors (Lipinski definition) is 0. The van der Waals surface area contributed by atoms with Crippen LogP contribution in [0.1, 0.15) is 68.7 Å². The summed E-state index contributed by atoms with van der Waals surface area (Å²) in [4.78, 5) is 45.4. The molecule has 1 atom stereocenters. The largest absolute Gasteiger partial charge is 0.491 e. The van der Waals surface area contributed by atoms with E-state index in [1.807, 2.05) is 13.8 Å². The highest BCUT2D eigenvalue weighted by Gasteiger charge is 2.24. The van der Waals surface area contributed by atoms with Gasteiger partial charge in [0.1, 0.15) is 24.7 Å². The van der Waals surface area contributed by atoms with Gasteiger partial charge in [0.25, 0.3) is 0 Å². The summed E-state index contributed by atoms with van der Waals surface area (Å²) < 4.78 is 32.7. The van der Waals surface area contributed by atoms with Crippen molar-refractivity contribution in [1.29, 1.82) is 0 Å². The molecule has 47 heavy (non-hydrogen) atoms. The lowest BCUT2D eigenvalue weighted by atomic mass is 9.88. The highest BCUT2D eigenvalue weighted by molar-refractivity contribution is 5.91. The average molecular weight is 651 g/mol. The summed E-state index contributed by atoms with van der Waals surface area (Å²) >= 11 is 0. The highest BCUT2D eigenvalue weighted by atomic mass is 16.6. The van der Waals surface area contributed by atoms with Crippen molar-refractivity contribution in [3.05, 3.63) is 72.1 Å². The van der Waals surface area contributed by atoms with Crippen LogP contribution in [0.3, 0.4) is 0 Å². The Morgan fingerprint density at radius 1 is 0.660 bits per heavy atom. The van der Waals surface area contributed by atoms with Crippen molar-refractivity contribution in [3.8, 4) is 22.9 Å². The Balaban J connectivity index is 1.30. The molecule has 0 bridgehead atoms. The Hall–Kier alpha value is -4.35. The van der Waals surface area contributed by atoms with Crippen LogP contribution >= 0.6 is 0 Å². The summed E-state index contributed by atoms with van der Waals surface area (Å²) in [5.41, 5.74) is 1.33. The monoisotopic (exact) mass is 650 g/mol. The minimum Gasteiger partial charge on any atom is -0.491 e. The van der Waals surface area contributed by atoms with Crippen LogP contribution in [-0.2, 0) is 23.7 Å². The van der Waals surface area contributed by atoms with E-state index in [0.29, 0.717) is 67.4 Å². The second kappa shape index (κ2) is 19.3. The van der Waals surface area contributed by atoms with Crippen molar-refractivity contribution in [2.24, 2.45) is 17.8 Å². The molecule has 3 aromatic rings. The van der Waals surface area contributed by atoms with Gasteiger partial charge in [0, 0.05) is 18.0 Å². The molecule has 0 aliphatic rings. The molecule has 0 saturated carbocycles. The zero-order valence-electron chi connectivity index (χ0n) is 28.1. The third-order valence-corrected chi connectivity index (χ3v) is 6.82. The normalized spacial score (nSPS) is 11.9. The lowest BCUT2D eigenvalue weighted by Crippen LogP contribution is -2.25. The van der Waals surface area contributed by atoms with Crippen LogP contribution in [0.15, 0.2) is 60.9 Å². The van der Waals surface area contributed by atoms with Crippen molar-refractivity contribution in [1.82, 2.24) is 9.97 Å². The maximum atomic E-state index is 12.6. The van der Waals surface area contributed by atoms with E-state index < -0.39 is 11.9 Å². The van der Waals surface area contributed by atoms with Crippen molar-refractivity contribution < 1.29 is 42.8 Å². The zero-order valence-corrected chi connectivity index (χ0v) is 28.1. The molecule has 2 aromatic carbocycles. The third kappa shape index (κ3) is 13.1. The van der Waals surface area contributed by atoms with Crippen LogP contribution in [0, 0.1) is 17.8 Å². The fourth-order valence-electron chi connectivity index (χ4n) is 4.39. The summed E-state index contributed by atoms with van der Waals surface area (Å²) in [7, 11) is 0. The Labute approximate surface area is 276 Å². The standard InChI is InChI=1S/C36H46N2O9/c1-24(2)21-32(25(3)4)36(41)45-20-18-43-16-15-42-17-19-44-30-11-9-28(10-12-30)34(39)47-31-13-7-27(8-14-31)33-37-22-29(23-38-33)35(40)46-26(5)6/h7-14,22-26,32H,15-21H2,1-6H3. The first-order chi connectivity index (χ1) is 22.5. The van der Waals surface area contributed by atoms with Crippen LogP contribution in [0.2, 0.25) is 0 Å². The van der Waals surface area contributed by atoms with Gasteiger partial charge in [0.05, 0.1) is 49.6 Å². The number of nitrogens with zero attached hydrogens (tertiary/aromatic N) is 2. The molecule has 0 spiro atoms. The van der Waals surface area contributed by atoms with E-state index in [0.717, 1.165) is 6.42 Å². The molecule has 254 valence electrons. The van der Waals surface area contributed by atoms with E-state index in [1.165, 1.54) is 12.4 Å². The zero-order chi connectivity index (χ0) is 34.2. The number of aromatic nitrogens is 2. The number of esters is 3. The maximum absolute atomic E-state index is 12.6. The molecule has 0 aliphatic carbocycles. The van der Waals surface area contributed by atoms with Crippen LogP contribution in [0.5, 0.6) is 11.5 Å². The highest BCUT2D eigenvalue weighted by Crippen LogP contribution is 2.22. The molecule has 0 N–H and O–H groups in total. The molecule has 0 amide bonds. The first-order valence-corrected chi connectivity index (χ1v) is 15.9. The molecule has 0 aliphatic heterocycles. The number of hydrogen-bond acceptors (Lipinski definition) is 11. The van der Waals surface area contributed by atoms with Crippen LogP contribution in [0.25, 0.3) is 11.4 Å². The van der Waals surface area contributed by atoms with Crippen molar-refractivity contribution in [2.45, 2.75) is 54.1 Å². The Morgan fingerprint density at radius 2 is 1.23 bits per heavy atom. The number of ether oxygens (including phenoxy) is 6. The van der Waals surface area contributed by atoms with E-state index in [2.05, 4.69) is 23.8 Å². The van der Waals surface area contributed by atoms with Gasteiger partial charge in [0.15, 0.2) is 5.82 Å². The molecular formula is C36H46N2O9. The molecular weight excluding hydrogens is 604 g/mol. The number of rotatable bonds is 19. The quantitative estimate of drug-likeness (QED) is 0.0834. The van der Waals surface area contributed by atoms with E-state index in [4.69, 9.17) is 28.4 Å². The van der Waals surface area contributed by atoms with Crippen molar-refractivity contribution >= 4 is 17.9 Å². The van der Waals surface area contributed by atoms with E-state index in [1.54, 1.807) is 62.4 Å². The summed E-state index contributed by atoms with van der Waals surface area (Å²) in [5.74, 6) is 0.804. The van der Waals surface area contributed by atoms with Gasteiger partial charge >= 0.3 is 17.9 Å². The minimum absolute atomic E-state index is 0.0919. The van der Waals surface area contributed by atoms with Gasteiger partial charge in [-0.3, -0.25) is 4.79 Å². The predicted octanol–water partition coefficient (Wildman–Crippen LogP) is 6.20. The number of benzene rings is 2. The molecule has 11 nitrogen and oxygen atoms in total. The fraction of sp³-hybridized carbons (Fsp3) is 0.472. The van der Waals surface area contributed by atoms with Gasteiger partial charge in [0.2, 0.25) is 0 Å². The van der Waals surface area contributed by atoms with Gasteiger partial charge in [-0.1, -0.05) is 27.7 Å². The Morgan fingerprint density at radius 3 is 1.81 bits per heavy atom. The summed E-state index contributed by atoms with van der Waals surface area (Å²) in [6.45, 7) is 13.8. The van der Waals surface area contributed by atoms with Crippen LogP contribution < -0.4 is 9.47 Å². The fourth-order valence-corrected chi connectivity index (χ4v) is 4.39. The van der Waals surface area contributed by atoms with Gasteiger partial charge in [-0.05, 0) is 80.6 Å². The van der Waals surface area contributed by atoms with E-state index >= 15 is 0 Å². The first-order valence-electron chi connectivity index (χ1n) is 15.9. The Bertz CT molecular complexity index is 1390. The topological polar surface area (TPSA) is 132 Å². The minimum atomic E-state index is -0.512. The van der Waals surface area contributed by atoms with Gasteiger partial charge in [-0.2, -0.15) is 0 Å². The molecule has 1 heterocycles.